The van der Waals surface area contributed by atoms with Gasteiger partial charge in [-0.05, 0) is 29.5 Å². The maximum absolute atomic E-state index is 14.2. The van der Waals surface area contributed by atoms with E-state index >= 15 is 0 Å². The van der Waals surface area contributed by atoms with E-state index in [0.717, 1.165) is 12.8 Å². The molecule has 1 aliphatic rings. The quantitative estimate of drug-likeness (QED) is 0.793. The zero-order valence-corrected chi connectivity index (χ0v) is 15.0. The topological polar surface area (TPSA) is 49.8 Å². The first-order valence-corrected chi connectivity index (χ1v) is 8.70. The van der Waals surface area contributed by atoms with Crippen molar-refractivity contribution >= 4 is 6.09 Å². The second-order valence-corrected chi connectivity index (χ2v) is 7.06. The van der Waals surface area contributed by atoms with Gasteiger partial charge in [0, 0.05) is 25.9 Å². The molecule has 1 N–H and O–H groups in total. The smallest absolute Gasteiger partial charge is 0.409 e. The largest absolute Gasteiger partial charge is 0.449 e. The van der Waals surface area contributed by atoms with Gasteiger partial charge in [-0.1, -0.05) is 39.3 Å². The van der Waals surface area contributed by atoms with Crippen molar-refractivity contribution in [2.24, 2.45) is 0 Å². The van der Waals surface area contributed by atoms with Crippen molar-refractivity contribution in [3.05, 3.63) is 35.1 Å². The molecule has 0 bridgehead atoms. The van der Waals surface area contributed by atoms with Gasteiger partial charge in [0.25, 0.3) is 0 Å². The minimum absolute atomic E-state index is 0.0861. The predicted octanol–water partition coefficient (Wildman–Crippen LogP) is 4.17. The number of carbonyl (C=O) groups is 1. The molecule has 0 spiro atoms. The third-order valence-corrected chi connectivity index (χ3v) is 4.87. The third kappa shape index (κ3) is 3.89. The highest BCUT2D eigenvalue weighted by atomic mass is 19.1. The van der Waals surface area contributed by atoms with E-state index in [0.29, 0.717) is 30.6 Å². The lowest BCUT2D eigenvalue weighted by Crippen LogP contribution is -2.54. The molecule has 0 unspecified atom stereocenters. The summed E-state index contributed by atoms with van der Waals surface area (Å²) in [6.45, 7) is 6.32. The van der Waals surface area contributed by atoms with Crippen LogP contribution < -0.4 is 0 Å². The van der Waals surface area contributed by atoms with Crippen molar-refractivity contribution in [3.63, 3.8) is 0 Å². The fraction of sp³-hybridized carbons (Fsp3) is 0.632. The van der Waals surface area contributed by atoms with Gasteiger partial charge in [0.2, 0.25) is 0 Å². The molecule has 1 aliphatic carbocycles. The van der Waals surface area contributed by atoms with Gasteiger partial charge in [-0.3, -0.25) is 0 Å². The van der Waals surface area contributed by atoms with Gasteiger partial charge in [0.05, 0.1) is 12.2 Å². The van der Waals surface area contributed by atoms with Crippen molar-refractivity contribution in [1.82, 2.24) is 4.90 Å². The van der Waals surface area contributed by atoms with Crippen LogP contribution in [-0.2, 0) is 10.3 Å². The molecule has 0 atom stereocenters. The van der Waals surface area contributed by atoms with Gasteiger partial charge in [-0.25, -0.2) is 9.18 Å². The van der Waals surface area contributed by atoms with E-state index in [1.807, 2.05) is 20.8 Å². The second kappa shape index (κ2) is 7.51. The molecule has 0 aliphatic heterocycles. The van der Waals surface area contributed by atoms with Crippen LogP contribution in [0.2, 0.25) is 0 Å². The van der Waals surface area contributed by atoms with Crippen LogP contribution in [0, 0.1) is 5.82 Å². The van der Waals surface area contributed by atoms with Crippen molar-refractivity contribution < 1.29 is 19.0 Å². The standard InChI is InChI=1S/C19H28FNO3/c1-5-6-9-24-18(22)21(4)15-11-19(23,12-15)14-7-8-16(13(2)3)17(20)10-14/h7-8,10,13,15,23H,5-6,9,11-12H2,1-4H3. The van der Waals surface area contributed by atoms with Crippen LogP contribution in [0.4, 0.5) is 9.18 Å². The fourth-order valence-electron chi connectivity index (χ4n) is 3.07. The molecule has 2 rings (SSSR count). The molecule has 1 amide bonds. The molecule has 5 heteroatoms. The summed E-state index contributed by atoms with van der Waals surface area (Å²) in [6.07, 6.45) is 2.24. The molecule has 0 heterocycles. The summed E-state index contributed by atoms with van der Waals surface area (Å²) in [5.74, 6) is -0.182. The molecule has 4 nitrogen and oxygen atoms in total. The molecular weight excluding hydrogens is 309 g/mol. The first kappa shape index (κ1) is 18.7. The summed E-state index contributed by atoms with van der Waals surface area (Å²) in [7, 11) is 1.68. The Hall–Kier alpha value is -1.62. The highest BCUT2D eigenvalue weighted by Crippen LogP contribution is 2.44. The number of hydrogen-bond acceptors (Lipinski definition) is 3. The van der Waals surface area contributed by atoms with Gasteiger partial charge < -0.3 is 14.7 Å². The molecule has 1 saturated carbocycles. The summed E-state index contributed by atoms with van der Waals surface area (Å²) in [6, 6.07) is 4.86. The Morgan fingerprint density at radius 1 is 1.46 bits per heavy atom. The highest BCUT2D eigenvalue weighted by Gasteiger charge is 2.47. The summed E-state index contributed by atoms with van der Waals surface area (Å²) in [4.78, 5) is 13.5. The summed E-state index contributed by atoms with van der Waals surface area (Å²) in [5.41, 5.74) is 0.155. The van der Waals surface area contributed by atoms with Gasteiger partial charge in [0.15, 0.2) is 0 Å². The van der Waals surface area contributed by atoms with Crippen LogP contribution >= 0.6 is 0 Å². The Bertz CT molecular complexity index is 582. The molecule has 0 aromatic heterocycles. The number of unbranched alkanes of at least 4 members (excludes halogenated alkanes) is 1. The molecule has 134 valence electrons. The first-order chi connectivity index (χ1) is 11.3. The molecule has 24 heavy (non-hydrogen) atoms. The summed E-state index contributed by atoms with van der Waals surface area (Å²) in [5, 5.41) is 10.7. The van der Waals surface area contributed by atoms with Crippen LogP contribution in [0.1, 0.15) is 63.5 Å². The lowest BCUT2D eigenvalue weighted by molar-refractivity contribution is -0.0885. The number of hydrogen-bond donors (Lipinski definition) is 1. The lowest BCUT2D eigenvalue weighted by atomic mass is 9.70. The van der Waals surface area contributed by atoms with Crippen molar-refractivity contribution in [2.75, 3.05) is 13.7 Å². The molecular formula is C19H28FNO3. The number of ether oxygens (including phenoxy) is 1. The van der Waals surface area contributed by atoms with Gasteiger partial charge in [-0.15, -0.1) is 0 Å². The maximum atomic E-state index is 14.2. The second-order valence-electron chi connectivity index (χ2n) is 7.06. The normalized spacial score (nSPS) is 23.0. The lowest BCUT2D eigenvalue weighted by Gasteiger charge is -2.47. The SMILES string of the molecule is CCCCOC(=O)N(C)C1CC(O)(c2ccc(C(C)C)c(F)c2)C1. The molecule has 0 saturated heterocycles. The van der Waals surface area contributed by atoms with E-state index in [4.69, 9.17) is 4.74 Å². The van der Waals surface area contributed by atoms with E-state index in [2.05, 4.69) is 0 Å². The Morgan fingerprint density at radius 3 is 2.67 bits per heavy atom. The van der Waals surface area contributed by atoms with Crippen LogP contribution in [-0.4, -0.2) is 35.8 Å². The van der Waals surface area contributed by atoms with Gasteiger partial charge >= 0.3 is 6.09 Å². The average Bonchev–Trinajstić information content (AvgIpc) is 2.50. The molecule has 1 aromatic rings. The fourth-order valence-corrected chi connectivity index (χ4v) is 3.07. The zero-order valence-electron chi connectivity index (χ0n) is 15.0. The predicted molar refractivity (Wildman–Crippen MR) is 91.4 cm³/mol. The number of aliphatic hydroxyl groups is 1. The zero-order chi connectivity index (χ0) is 17.9. The first-order valence-electron chi connectivity index (χ1n) is 8.70. The van der Waals surface area contributed by atoms with Gasteiger partial charge in [0.1, 0.15) is 5.82 Å². The molecule has 0 radical (unpaired) electrons. The number of halogens is 1. The van der Waals surface area contributed by atoms with Crippen molar-refractivity contribution in [1.29, 1.82) is 0 Å². The number of amides is 1. The molecule has 1 fully saturated rings. The van der Waals surface area contributed by atoms with Crippen LogP contribution in [0.25, 0.3) is 0 Å². The van der Waals surface area contributed by atoms with Gasteiger partial charge in [-0.2, -0.15) is 0 Å². The van der Waals surface area contributed by atoms with E-state index in [9.17, 15) is 14.3 Å². The number of carbonyl (C=O) groups excluding carboxylic acids is 1. The van der Waals surface area contributed by atoms with Crippen LogP contribution in [0.5, 0.6) is 0 Å². The number of benzene rings is 1. The van der Waals surface area contributed by atoms with E-state index in [1.54, 1.807) is 19.2 Å². The molecule has 1 aromatic carbocycles. The Kier molecular flexibility index (Phi) is 5.86. The monoisotopic (exact) mass is 337 g/mol. The maximum Gasteiger partial charge on any atom is 0.409 e. The minimum atomic E-state index is -1.07. The number of rotatable bonds is 6. The summed E-state index contributed by atoms with van der Waals surface area (Å²) < 4.78 is 19.3. The Balaban J connectivity index is 1.96. The Morgan fingerprint density at radius 2 is 2.12 bits per heavy atom. The highest BCUT2D eigenvalue weighted by molar-refractivity contribution is 5.68. The van der Waals surface area contributed by atoms with Crippen LogP contribution in [0.3, 0.4) is 0 Å². The van der Waals surface area contributed by atoms with Crippen molar-refractivity contribution in [3.8, 4) is 0 Å². The minimum Gasteiger partial charge on any atom is -0.449 e. The Labute approximate surface area is 143 Å². The number of nitrogens with zero attached hydrogens (tertiary/aromatic N) is 1. The van der Waals surface area contributed by atoms with Crippen LogP contribution in [0.15, 0.2) is 18.2 Å². The summed E-state index contributed by atoms with van der Waals surface area (Å²) >= 11 is 0. The average molecular weight is 337 g/mol. The van der Waals surface area contributed by atoms with E-state index in [1.165, 1.54) is 11.0 Å². The van der Waals surface area contributed by atoms with E-state index < -0.39 is 5.60 Å². The van der Waals surface area contributed by atoms with Crippen molar-refractivity contribution in [2.45, 2.75) is 64.0 Å². The third-order valence-electron chi connectivity index (χ3n) is 4.87. The van der Waals surface area contributed by atoms with E-state index in [-0.39, 0.29) is 23.9 Å².